The van der Waals surface area contributed by atoms with Gasteiger partial charge in [-0.2, -0.15) is 0 Å². The van der Waals surface area contributed by atoms with Gasteiger partial charge >= 0.3 is 11.9 Å². The molecule has 0 N–H and O–H groups in total. The molecule has 0 amide bonds. The second-order valence-electron chi connectivity index (χ2n) is 15.1. The molecule has 0 radical (unpaired) electrons. The van der Waals surface area contributed by atoms with Crippen molar-refractivity contribution in [2.24, 2.45) is 46.3 Å². The highest BCUT2D eigenvalue weighted by Crippen LogP contribution is 2.69. The molecule has 242 valence electrons. The highest BCUT2D eigenvalue weighted by Gasteiger charge is 2.67. The van der Waals surface area contributed by atoms with Crippen molar-refractivity contribution in [1.82, 2.24) is 0 Å². The molecule has 6 unspecified atom stereocenters. The summed E-state index contributed by atoms with van der Waals surface area (Å²) in [7, 11) is 1.46. The summed E-state index contributed by atoms with van der Waals surface area (Å²) in [6.45, 7) is 7.88. The Bertz CT molecular complexity index is 1190. The molecule has 5 aliphatic rings. The third-order valence-electron chi connectivity index (χ3n) is 13.1. The molecule has 0 aromatic heterocycles. The molecule has 0 bridgehead atoms. The van der Waals surface area contributed by atoms with Crippen LogP contribution in [0.4, 0.5) is 0 Å². The van der Waals surface area contributed by atoms with E-state index in [1.54, 1.807) is 0 Å². The van der Waals surface area contributed by atoms with Gasteiger partial charge in [-0.15, -0.1) is 0 Å². The third-order valence-corrected chi connectivity index (χ3v) is 13.1. The molecule has 1 aliphatic heterocycles. The molecule has 1 aromatic rings. The summed E-state index contributed by atoms with van der Waals surface area (Å²) in [5, 5.41) is 0. The van der Waals surface area contributed by atoms with Crippen LogP contribution in [0.15, 0.2) is 30.3 Å². The van der Waals surface area contributed by atoms with Gasteiger partial charge in [-0.25, -0.2) is 4.79 Å². The number of esters is 2. The number of fused-ring (bicyclic) bond motifs is 5. The number of benzene rings is 1. The Kier molecular flexibility index (Phi) is 9.27. The first-order valence-corrected chi connectivity index (χ1v) is 17.3. The Balaban J connectivity index is 1.36. The second-order valence-corrected chi connectivity index (χ2v) is 15.1. The van der Waals surface area contributed by atoms with Crippen LogP contribution in [0.3, 0.4) is 0 Å². The molecule has 4 saturated carbocycles. The van der Waals surface area contributed by atoms with E-state index in [9.17, 15) is 14.4 Å². The first-order valence-electron chi connectivity index (χ1n) is 17.3. The van der Waals surface area contributed by atoms with Crippen LogP contribution >= 0.6 is 0 Å². The van der Waals surface area contributed by atoms with Crippen LogP contribution in [0, 0.1) is 46.3 Å². The Labute approximate surface area is 263 Å². The van der Waals surface area contributed by atoms with Crippen molar-refractivity contribution in [1.29, 1.82) is 0 Å². The van der Waals surface area contributed by atoms with Gasteiger partial charge in [-0.3, -0.25) is 9.59 Å². The van der Waals surface area contributed by atoms with E-state index in [0.29, 0.717) is 54.3 Å². The first-order chi connectivity index (χ1) is 21.1. The number of ketones is 1. The fraction of sp³-hybridized carbons (Fsp3) is 0.757. The second kappa shape index (κ2) is 12.9. The van der Waals surface area contributed by atoms with Crippen molar-refractivity contribution in [2.75, 3.05) is 13.7 Å². The van der Waals surface area contributed by atoms with Crippen molar-refractivity contribution >= 4 is 17.7 Å². The summed E-state index contributed by atoms with van der Waals surface area (Å²) >= 11 is 0. The maximum Gasteiger partial charge on any atom is 0.338 e. The van der Waals surface area contributed by atoms with E-state index in [-0.39, 0.29) is 53.1 Å². The van der Waals surface area contributed by atoms with E-state index in [0.717, 1.165) is 64.4 Å². The summed E-state index contributed by atoms with van der Waals surface area (Å²) in [5.41, 5.74) is 0.425. The Hall–Kier alpha value is -2.25. The van der Waals surface area contributed by atoms with E-state index in [1.807, 2.05) is 30.3 Å². The fourth-order valence-corrected chi connectivity index (χ4v) is 10.6. The molecule has 5 fully saturated rings. The SMILES string of the molecule is COC(=O)CCC(C)C1CCC2C3C(C[C@H](OC4CCCCO4)[C@]12C)[C@@]1(C)CCC(=O)C[C@H]1C[C@H]3OC(=O)c1ccccc1. The lowest BCUT2D eigenvalue weighted by Crippen LogP contribution is -2.63. The topological polar surface area (TPSA) is 88.1 Å². The minimum atomic E-state index is -0.267. The average Bonchev–Trinajstić information content (AvgIpc) is 3.39. The predicted molar refractivity (Wildman–Crippen MR) is 166 cm³/mol. The molecule has 1 aromatic carbocycles. The van der Waals surface area contributed by atoms with E-state index in [2.05, 4.69) is 20.8 Å². The third kappa shape index (κ3) is 5.77. The largest absolute Gasteiger partial charge is 0.469 e. The number of carbonyl (C=O) groups is 3. The van der Waals surface area contributed by atoms with E-state index in [4.69, 9.17) is 18.9 Å². The minimum absolute atomic E-state index is 0.000814. The number of methoxy groups -OCH3 is 1. The van der Waals surface area contributed by atoms with Crippen LogP contribution in [-0.2, 0) is 28.5 Å². The van der Waals surface area contributed by atoms with Gasteiger partial charge in [-0.05, 0) is 105 Å². The fourth-order valence-electron chi connectivity index (χ4n) is 10.6. The number of hydrogen-bond donors (Lipinski definition) is 0. The summed E-state index contributed by atoms with van der Waals surface area (Å²) < 4.78 is 24.8. The zero-order chi connectivity index (χ0) is 31.1. The molecule has 0 spiro atoms. The zero-order valence-electron chi connectivity index (χ0n) is 27.1. The lowest BCUT2D eigenvalue weighted by Gasteiger charge is -2.64. The number of ether oxygens (including phenoxy) is 4. The molecule has 6 rings (SSSR count). The smallest absolute Gasteiger partial charge is 0.338 e. The quantitative estimate of drug-likeness (QED) is 0.229. The monoisotopic (exact) mass is 608 g/mol. The zero-order valence-corrected chi connectivity index (χ0v) is 27.1. The van der Waals surface area contributed by atoms with E-state index < -0.39 is 0 Å². The standard InChI is InChI=1S/C37H52O7/c1-23(13-16-32(39)41-4)27-14-15-28-34-29(22-31(37(27,28)3)44-33-12-8-9-19-42-33)36(2)18-17-26(38)20-25(36)21-30(34)43-35(40)24-10-6-5-7-11-24/h5-7,10-11,23,25,27-31,33-34H,8-9,12-22H2,1-4H3/t23?,25-,27?,28?,29?,30+,31-,33?,34?,36-,37+/m0/s1. The van der Waals surface area contributed by atoms with Gasteiger partial charge in [-0.1, -0.05) is 39.0 Å². The van der Waals surface area contributed by atoms with Crippen molar-refractivity contribution in [3.8, 4) is 0 Å². The van der Waals surface area contributed by atoms with Gasteiger partial charge in [0.25, 0.3) is 0 Å². The van der Waals surface area contributed by atoms with Crippen LogP contribution in [-0.4, -0.2) is 49.9 Å². The van der Waals surface area contributed by atoms with Crippen LogP contribution in [0.25, 0.3) is 0 Å². The summed E-state index contributed by atoms with van der Waals surface area (Å²) in [4.78, 5) is 38.5. The molecule has 4 aliphatic carbocycles. The lowest BCUT2D eigenvalue weighted by atomic mass is 9.43. The first kappa shape index (κ1) is 31.7. The van der Waals surface area contributed by atoms with Crippen LogP contribution < -0.4 is 0 Å². The van der Waals surface area contributed by atoms with Crippen molar-refractivity contribution in [3.05, 3.63) is 35.9 Å². The molecule has 1 heterocycles. The number of hydrogen-bond acceptors (Lipinski definition) is 7. The van der Waals surface area contributed by atoms with Crippen LogP contribution in [0.5, 0.6) is 0 Å². The predicted octanol–water partition coefficient (Wildman–Crippen LogP) is 7.16. The minimum Gasteiger partial charge on any atom is -0.469 e. The Morgan fingerprint density at radius 2 is 1.84 bits per heavy atom. The molecule has 7 nitrogen and oxygen atoms in total. The normalized spacial score (nSPS) is 40.7. The maximum absolute atomic E-state index is 13.6. The lowest BCUT2D eigenvalue weighted by molar-refractivity contribution is -0.264. The number of carbonyl (C=O) groups excluding carboxylic acids is 3. The van der Waals surface area contributed by atoms with Gasteiger partial charge < -0.3 is 18.9 Å². The average molecular weight is 609 g/mol. The number of Topliss-reactive ketones (excluding diaryl/α,β-unsaturated/α-hetero) is 1. The molecule has 7 heteroatoms. The Morgan fingerprint density at radius 3 is 2.57 bits per heavy atom. The number of rotatable bonds is 8. The highest BCUT2D eigenvalue weighted by molar-refractivity contribution is 5.89. The van der Waals surface area contributed by atoms with E-state index >= 15 is 0 Å². The Morgan fingerprint density at radius 1 is 1.05 bits per heavy atom. The van der Waals surface area contributed by atoms with Gasteiger partial charge in [0.2, 0.25) is 0 Å². The van der Waals surface area contributed by atoms with Gasteiger partial charge in [0, 0.05) is 37.2 Å². The summed E-state index contributed by atoms with van der Waals surface area (Å²) in [6, 6.07) is 9.31. The van der Waals surface area contributed by atoms with Crippen molar-refractivity contribution in [3.63, 3.8) is 0 Å². The maximum atomic E-state index is 13.6. The van der Waals surface area contributed by atoms with Gasteiger partial charge in [0.15, 0.2) is 6.29 Å². The summed E-state index contributed by atoms with van der Waals surface area (Å²) in [6.07, 6.45) is 9.73. The van der Waals surface area contributed by atoms with Gasteiger partial charge in [0.05, 0.1) is 18.8 Å². The molecule has 1 saturated heterocycles. The highest BCUT2D eigenvalue weighted by atomic mass is 16.7. The van der Waals surface area contributed by atoms with E-state index in [1.165, 1.54) is 7.11 Å². The van der Waals surface area contributed by atoms with Gasteiger partial charge in [0.1, 0.15) is 11.9 Å². The van der Waals surface area contributed by atoms with Crippen LogP contribution in [0.2, 0.25) is 0 Å². The summed E-state index contributed by atoms with van der Waals surface area (Å²) in [5.74, 6) is 1.61. The van der Waals surface area contributed by atoms with Crippen molar-refractivity contribution < 1.29 is 33.3 Å². The molecule has 11 atom stereocenters. The molecular formula is C37H52O7. The van der Waals surface area contributed by atoms with Crippen LogP contribution in [0.1, 0.15) is 108 Å². The van der Waals surface area contributed by atoms with Crippen molar-refractivity contribution in [2.45, 2.75) is 116 Å². The molecule has 44 heavy (non-hydrogen) atoms. The molecular weight excluding hydrogens is 556 g/mol.